The maximum absolute atomic E-state index is 6.56. The first-order chi connectivity index (χ1) is 13.2. The second kappa shape index (κ2) is 6.73. The minimum Gasteiger partial charge on any atom is -0.196 e. The van der Waals surface area contributed by atoms with Crippen LogP contribution in [0.4, 0.5) is 5.69 Å². The van der Waals surface area contributed by atoms with Gasteiger partial charge >= 0.3 is 0 Å². The van der Waals surface area contributed by atoms with Crippen LogP contribution in [0.1, 0.15) is 88.5 Å². The minimum atomic E-state index is 0.0680. The highest BCUT2D eigenvalue weighted by Gasteiger charge is 2.55. The van der Waals surface area contributed by atoms with Crippen LogP contribution in [0, 0.1) is 0 Å². The lowest BCUT2D eigenvalue weighted by molar-refractivity contribution is -0.513. The van der Waals surface area contributed by atoms with Crippen molar-refractivity contribution in [2.24, 2.45) is 0 Å². The number of halogens is 1. The predicted octanol–water partition coefficient (Wildman–Crippen LogP) is 7.37. The Hall–Kier alpha value is -1.60. The van der Waals surface area contributed by atoms with Crippen LogP contribution in [0.3, 0.4) is 0 Å². The normalized spacial score (nSPS) is 23.0. The van der Waals surface area contributed by atoms with Gasteiger partial charge in [-0.3, -0.25) is 0 Å². The predicted molar refractivity (Wildman–Crippen MR) is 121 cm³/mol. The molecule has 0 fully saturated rings. The van der Waals surface area contributed by atoms with Crippen LogP contribution >= 0.6 is 11.6 Å². The molecular formula is C26H33ClN+. The molecule has 2 aromatic rings. The number of fused-ring (bicyclic) bond motifs is 2. The third-order valence-corrected chi connectivity index (χ3v) is 7.19. The van der Waals surface area contributed by atoms with Crippen molar-refractivity contribution in [2.45, 2.75) is 83.6 Å². The lowest BCUT2D eigenvalue weighted by Crippen LogP contribution is -2.31. The van der Waals surface area contributed by atoms with E-state index in [4.69, 9.17) is 11.6 Å². The minimum absolute atomic E-state index is 0.0680. The molecule has 148 valence electrons. The van der Waals surface area contributed by atoms with E-state index in [0.29, 0.717) is 11.8 Å². The topological polar surface area (TPSA) is 3.01 Å². The summed E-state index contributed by atoms with van der Waals surface area (Å²) in [5, 5.41) is 0.935. The van der Waals surface area contributed by atoms with Crippen LogP contribution < -0.4 is 0 Å². The summed E-state index contributed by atoms with van der Waals surface area (Å²) in [7, 11) is 0. The van der Waals surface area contributed by atoms with E-state index in [2.05, 4.69) is 82.7 Å². The maximum Gasteiger partial charge on any atom is 0.212 e. The Labute approximate surface area is 175 Å². The summed E-state index contributed by atoms with van der Waals surface area (Å²) in [6.07, 6.45) is 5.94. The number of nitrogens with zero attached hydrogens (tertiary/aromatic N) is 1. The van der Waals surface area contributed by atoms with Crippen LogP contribution in [-0.4, -0.2) is 16.3 Å². The van der Waals surface area contributed by atoms with Gasteiger partial charge in [-0.25, -0.2) is 0 Å². The molecule has 1 aliphatic carbocycles. The summed E-state index contributed by atoms with van der Waals surface area (Å²) in [6, 6.07) is 13.3. The largest absolute Gasteiger partial charge is 0.212 e. The molecule has 2 aromatic carbocycles. The molecule has 0 radical (unpaired) electrons. The Morgan fingerprint density at radius 2 is 1.54 bits per heavy atom. The van der Waals surface area contributed by atoms with Crippen LogP contribution in [0.15, 0.2) is 36.4 Å². The standard InChI is InChI=1S/C26H33ClN/c1-17(2)19-9-7-10-20(18(3)4)24(19)28-16-26(15-25(28,5)6)14-13-21-22(26)11-8-12-23(21)27/h7-12,16-18H,13-15H2,1-6H3/q+1/t26-/m0/s1. The molecule has 0 N–H and O–H groups in total. The molecule has 28 heavy (non-hydrogen) atoms. The van der Waals surface area contributed by atoms with E-state index >= 15 is 0 Å². The molecule has 1 aliphatic heterocycles. The number of hydrogen-bond donors (Lipinski definition) is 0. The molecule has 2 aliphatic rings. The van der Waals surface area contributed by atoms with E-state index in [1.165, 1.54) is 27.9 Å². The van der Waals surface area contributed by atoms with Crippen molar-refractivity contribution < 1.29 is 4.58 Å². The molecular weight excluding hydrogens is 362 g/mol. The summed E-state index contributed by atoms with van der Waals surface area (Å²) >= 11 is 6.56. The second-order valence-corrected chi connectivity index (χ2v) is 10.4. The number of para-hydroxylation sites is 1. The fourth-order valence-electron chi connectivity index (χ4n) is 5.56. The van der Waals surface area contributed by atoms with Gasteiger partial charge in [0.05, 0.1) is 5.41 Å². The quantitative estimate of drug-likeness (QED) is 0.478. The first-order valence-electron chi connectivity index (χ1n) is 10.7. The van der Waals surface area contributed by atoms with Crippen molar-refractivity contribution >= 4 is 23.5 Å². The molecule has 2 heteroatoms. The van der Waals surface area contributed by atoms with Crippen molar-refractivity contribution in [1.29, 1.82) is 0 Å². The smallest absolute Gasteiger partial charge is 0.196 e. The van der Waals surface area contributed by atoms with Gasteiger partial charge in [0.1, 0.15) is 0 Å². The van der Waals surface area contributed by atoms with Crippen LogP contribution in [0.25, 0.3) is 0 Å². The summed E-state index contributed by atoms with van der Waals surface area (Å²) in [5.74, 6) is 1.000. The van der Waals surface area contributed by atoms with Gasteiger partial charge in [-0.1, -0.05) is 69.6 Å². The fraction of sp³-hybridized carbons (Fsp3) is 0.500. The zero-order valence-corrected chi connectivity index (χ0v) is 18.9. The summed E-state index contributed by atoms with van der Waals surface area (Å²) in [6.45, 7) is 14.1. The highest BCUT2D eigenvalue weighted by atomic mass is 35.5. The van der Waals surface area contributed by atoms with E-state index < -0.39 is 0 Å². The Morgan fingerprint density at radius 1 is 0.929 bits per heavy atom. The first-order valence-corrected chi connectivity index (χ1v) is 11.1. The number of rotatable bonds is 3. The lowest BCUT2D eigenvalue weighted by atomic mass is 9.77. The number of benzene rings is 2. The third kappa shape index (κ3) is 2.94. The van der Waals surface area contributed by atoms with Gasteiger partial charge < -0.3 is 0 Å². The molecule has 0 aromatic heterocycles. The zero-order chi connectivity index (χ0) is 20.3. The molecule has 0 saturated heterocycles. The van der Waals surface area contributed by atoms with Gasteiger partial charge in [0.15, 0.2) is 11.8 Å². The molecule has 0 bridgehead atoms. The second-order valence-electron chi connectivity index (χ2n) is 10.0. The van der Waals surface area contributed by atoms with Crippen LogP contribution in [0.2, 0.25) is 5.02 Å². The van der Waals surface area contributed by atoms with Gasteiger partial charge in [0, 0.05) is 36.4 Å². The van der Waals surface area contributed by atoms with Gasteiger partial charge in [-0.15, -0.1) is 0 Å². The average molecular weight is 395 g/mol. The third-order valence-electron chi connectivity index (χ3n) is 6.84. The van der Waals surface area contributed by atoms with Crippen molar-refractivity contribution in [1.82, 2.24) is 0 Å². The van der Waals surface area contributed by atoms with E-state index in [1.807, 2.05) is 6.07 Å². The fourth-order valence-corrected chi connectivity index (χ4v) is 5.83. The van der Waals surface area contributed by atoms with Gasteiger partial charge in [-0.2, -0.15) is 4.58 Å². The van der Waals surface area contributed by atoms with Crippen LogP contribution in [-0.2, 0) is 11.8 Å². The maximum atomic E-state index is 6.56. The summed E-state index contributed by atoms with van der Waals surface area (Å²) in [4.78, 5) is 0. The van der Waals surface area contributed by atoms with Gasteiger partial charge in [0.25, 0.3) is 0 Å². The van der Waals surface area contributed by atoms with Crippen molar-refractivity contribution in [3.05, 3.63) is 63.7 Å². The molecule has 4 rings (SSSR count). The molecule has 1 nitrogen and oxygen atoms in total. The average Bonchev–Trinajstić information content (AvgIpc) is 3.11. The Balaban J connectivity index is 1.96. The first kappa shape index (κ1) is 19.7. The molecule has 0 saturated carbocycles. The van der Waals surface area contributed by atoms with E-state index in [0.717, 1.165) is 24.3 Å². The van der Waals surface area contributed by atoms with Crippen molar-refractivity contribution in [3.63, 3.8) is 0 Å². The highest BCUT2D eigenvalue weighted by Crippen LogP contribution is 2.51. The highest BCUT2D eigenvalue weighted by molar-refractivity contribution is 6.31. The lowest BCUT2D eigenvalue weighted by Gasteiger charge is -2.24. The van der Waals surface area contributed by atoms with E-state index in [9.17, 15) is 0 Å². The van der Waals surface area contributed by atoms with Gasteiger partial charge in [0.2, 0.25) is 5.69 Å². The Bertz CT molecular complexity index is 925. The molecule has 1 spiro atoms. The van der Waals surface area contributed by atoms with Crippen molar-refractivity contribution in [2.75, 3.05) is 0 Å². The van der Waals surface area contributed by atoms with Crippen molar-refractivity contribution in [3.8, 4) is 0 Å². The molecule has 1 heterocycles. The molecule has 1 atom stereocenters. The molecule has 0 amide bonds. The SMILES string of the molecule is CC(C)c1cccc(C(C)C)c1[N+]1=C[C@]2(CCc3c(Cl)cccc32)CC1(C)C. The van der Waals surface area contributed by atoms with E-state index in [1.54, 1.807) is 0 Å². The molecule has 0 unspecified atom stereocenters. The van der Waals surface area contributed by atoms with Gasteiger partial charge in [-0.05, 0) is 41.9 Å². The summed E-state index contributed by atoms with van der Waals surface area (Å²) in [5.41, 5.74) is 7.32. The summed E-state index contributed by atoms with van der Waals surface area (Å²) < 4.78 is 2.62. The van der Waals surface area contributed by atoms with E-state index in [-0.39, 0.29) is 11.0 Å². The number of hydrogen-bond acceptors (Lipinski definition) is 0. The Morgan fingerprint density at radius 3 is 2.14 bits per heavy atom. The Kier molecular flexibility index (Phi) is 4.74. The monoisotopic (exact) mass is 394 g/mol. The zero-order valence-electron chi connectivity index (χ0n) is 18.1. The van der Waals surface area contributed by atoms with Crippen LogP contribution in [0.5, 0.6) is 0 Å².